The Kier molecular flexibility index (Phi) is 4.62. The maximum absolute atomic E-state index is 11.8. The monoisotopic (exact) mass is 325 g/mol. The molecule has 2 aliphatic heterocycles. The first kappa shape index (κ1) is 16.0. The quantitative estimate of drug-likeness (QED) is 0.849. The fourth-order valence-electron chi connectivity index (χ4n) is 4.30. The predicted octanol–water partition coefficient (Wildman–Crippen LogP) is 1.34. The van der Waals surface area contributed by atoms with Crippen LogP contribution in [0.15, 0.2) is 10.7 Å². The van der Waals surface area contributed by atoms with Gasteiger partial charge in [0, 0.05) is 19.0 Å². The molecule has 2 heterocycles. The van der Waals surface area contributed by atoms with Crippen molar-refractivity contribution in [2.45, 2.75) is 50.5 Å². The molecule has 0 aromatic carbocycles. The van der Waals surface area contributed by atoms with Gasteiger partial charge < -0.3 is 5.73 Å². The van der Waals surface area contributed by atoms with E-state index in [0.717, 1.165) is 25.1 Å². The van der Waals surface area contributed by atoms with Crippen LogP contribution in [-0.2, 0) is 9.84 Å². The molecule has 0 aromatic rings. The van der Waals surface area contributed by atoms with Crippen molar-refractivity contribution in [2.24, 2.45) is 16.6 Å². The molecule has 1 atom stereocenters. The summed E-state index contributed by atoms with van der Waals surface area (Å²) in [6, 6.07) is 0. The summed E-state index contributed by atoms with van der Waals surface area (Å²) in [5.41, 5.74) is 6.87. The van der Waals surface area contributed by atoms with E-state index >= 15 is 0 Å². The molecule has 0 bridgehead atoms. The summed E-state index contributed by atoms with van der Waals surface area (Å²) in [7, 11) is -2.87. The van der Waals surface area contributed by atoms with Crippen LogP contribution in [0.3, 0.4) is 0 Å². The SMILES string of the molecule is NC1=C=NCCC1(CC1CCCCC1)N1CCS(=O)(=O)CC1. The van der Waals surface area contributed by atoms with Gasteiger partial charge in [-0.15, -0.1) is 0 Å². The minimum absolute atomic E-state index is 0.209. The zero-order chi connectivity index (χ0) is 15.6. The number of hydrogen-bond acceptors (Lipinski definition) is 5. The topological polar surface area (TPSA) is 75.8 Å². The summed E-state index contributed by atoms with van der Waals surface area (Å²) in [6.45, 7) is 1.94. The second kappa shape index (κ2) is 6.34. The predicted molar refractivity (Wildman–Crippen MR) is 88.8 cm³/mol. The molecular formula is C16H27N3O2S. The van der Waals surface area contributed by atoms with Gasteiger partial charge in [0.05, 0.1) is 29.3 Å². The highest BCUT2D eigenvalue weighted by molar-refractivity contribution is 7.91. The van der Waals surface area contributed by atoms with E-state index in [9.17, 15) is 8.42 Å². The molecule has 1 aliphatic carbocycles. The number of nitrogens with two attached hydrogens (primary N) is 1. The van der Waals surface area contributed by atoms with Crippen molar-refractivity contribution in [3.8, 4) is 0 Å². The summed E-state index contributed by atoms with van der Waals surface area (Å²) in [5, 5.41) is 0. The van der Waals surface area contributed by atoms with Gasteiger partial charge in [-0.25, -0.2) is 13.4 Å². The first-order chi connectivity index (χ1) is 10.5. The lowest BCUT2D eigenvalue weighted by Crippen LogP contribution is -2.59. The summed E-state index contributed by atoms with van der Waals surface area (Å²) in [4.78, 5) is 6.53. The Balaban J connectivity index is 1.82. The van der Waals surface area contributed by atoms with Crippen LogP contribution in [0.25, 0.3) is 0 Å². The third-order valence-electron chi connectivity index (χ3n) is 5.64. The Morgan fingerprint density at radius 1 is 1.23 bits per heavy atom. The van der Waals surface area contributed by atoms with E-state index in [1.165, 1.54) is 32.1 Å². The van der Waals surface area contributed by atoms with Crippen molar-refractivity contribution in [2.75, 3.05) is 31.1 Å². The third kappa shape index (κ3) is 3.24. The van der Waals surface area contributed by atoms with Gasteiger partial charge >= 0.3 is 0 Å². The molecule has 1 unspecified atom stereocenters. The third-order valence-corrected chi connectivity index (χ3v) is 7.25. The summed E-state index contributed by atoms with van der Waals surface area (Å²) >= 11 is 0. The first-order valence-corrected chi connectivity index (χ1v) is 10.3. The van der Waals surface area contributed by atoms with Crippen molar-refractivity contribution in [3.05, 3.63) is 5.70 Å². The van der Waals surface area contributed by atoms with Gasteiger partial charge in [0.1, 0.15) is 0 Å². The molecule has 6 heteroatoms. The lowest BCUT2D eigenvalue weighted by Gasteiger charge is -2.48. The van der Waals surface area contributed by atoms with Crippen LogP contribution < -0.4 is 5.73 Å². The Labute approximate surface area is 133 Å². The zero-order valence-corrected chi connectivity index (χ0v) is 14.1. The Morgan fingerprint density at radius 2 is 1.91 bits per heavy atom. The average Bonchev–Trinajstić information content (AvgIpc) is 2.51. The molecule has 3 aliphatic rings. The van der Waals surface area contributed by atoms with Crippen LogP contribution in [0.2, 0.25) is 0 Å². The van der Waals surface area contributed by atoms with Gasteiger partial charge in [0.25, 0.3) is 0 Å². The van der Waals surface area contributed by atoms with Crippen LogP contribution >= 0.6 is 0 Å². The maximum Gasteiger partial charge on any atom is 0.152 e. The Hall–Kier alpha value is -0.840. The molecule has 0 amide bonds. The zero-order valence-electron chi connectivity index (χ0n) is 13.3. The van der Waals surface area contributed by atoms with Crippen molar-refractivity contribution in [3.63, 3.8) is 0 Å². The summed E-state index contributed by atoms with van der Waals surface area (Å²) in [6.07, 6.45) is 8.47. The number of nitrogens with zero attached hydrogens (tertiary/aromatic N) is 2. The van der Waals surface area contributed by atoms with Gasteiger partial charge in [0.15, 0.2) is 9.84 Å². The minimum Gasteiger partial charge on any atom is -0.393 e. The Bertz CT molecular complexity index is 560. The van der Waals surface area contributed by atoms with Gasteiger partial charge in [-0.1, -0.05) is 32.1 Å². The maximum atomic E-state index is 11.8. The highest BCUT2D eigenvalue weighted by atomic mass is 32.2. The van der Waals surface area contributed by atoms with Crippen LogP contribution in [0.4, 0.5) is 0 Å². The van der Waals surface area contributed by atoms with Crippen LogP contribution in [0.1, 0.15) is 44.9 Å². The van der Waals surface area contributed by atoms with Crippen LogP contribution in [0, 0.1) is 5.92 Å². The molecular weight excluding hydrogens is 298 g/mol. The van der Waals surface area contributed by atoms with E-state index in [4.69, 9.17) is 5.73 Å². The molecule has 5 nitrogen and oxygen atoms in total. The van der Waals surface area contributed by atoms with E-state index in [1.807, 2.05) is 0 Å². The van der Waals surface area contributed by atoms with Gasteiger partial charge in [-0.2, -0.15) is 0 Å². The number of sulfone groups is 1. The number of rotatable bonds is 3. The Morgan fingerprint density at radius 3 is 2.55 bits per heavy atom. The largest absolute Gasteiger partial charge is 0.393 e. The lowest BCUT2D eigenvalue weighted by atomic mass is 9.75. The molecule has 2 N–H and O–H groups in total. The van der Waals surface area contributed by atoms with Crippen molar-refractivity contribution < 1.29 is 8.42 Å². The molecule has 124 valence electrons. The van der Waals surface area contributed by atoms with Crippen molar-refractivity contribution in [1.29, 1.82) is 0 Å². The molecule has 3 rings (SSSR count). The average molecular weight is 325 g/mol. The van der Waals surface area contributed by atoms with Crippen LogP contribution in [0.5, 0.6) is 0 Å². The van der Waals surface area contributed by atoms with Crippen LogP contribution in [-0.4, -0.2) is 55.9 Å². The highest BCUT2D eigenvalue weighted by Crippen LogP contribution is 2.39. The molecule has 0 aromatic heterocycles. The second-order valence-corrected chi connectivity index (χ2v) is 9.34. The number of aliphatic imine (C=N–C) groups is 1. The van der Waals surface area contributed by atoms with E-state index in [1.54, 1.807) is 0 Å². The molecule has 0 radical (unpaired) electrons. The van der Waals surface area contributed by atoms with E-state index in [0.29, 0.717) is 19.0 Å². The second-order valence-electron chi connectivity index (χ2n) is 7.04. The molecule has 22 heavy (non-hydrogen) atoms. The summed E-state index contributed by atoms with van der Waals surface area (Å²) < 4.78 is 23.5. The van der Waals surface area contributed by atoms with Crippen molar-refractivity contribution in [1.82, 2.24) is 4.90 Å². The molecule has 2 fully saturated rings. The van der Waals surface area contributed by atoms with E-state index < -0.39 is 9.84 Å². The molecule has 1 saturated heterocycles. The highest BCUT2D eigenvalue weighted by Gasteiger charge is 2.44. The van der Waals surface area contributed by atoms with E-state index in [2.05, 4.69) is 15.8 Å². The fraction of sp³-hybridized carbons (Fsp3) is 0.875. The van der Waals surface area contributed by atoms with Gasteiger partial charge in [-0.3, -0.25) is 4.90 Å². The normalized spacial score (nSPS) is 33.5. The fourth-order valence-corrected chi connectivity index (χ4v) is 5.50. The van der Waals surface area contributed by atoms with E-state index in [-0.39, 0.29) is 17.0 Å². The first-order valence-electron chi connectivity index (χ1n) is 8.53. The molecule has 0 spiro atoms. The van der Waals surface area contributed by atoms with Crippen molar-refractivity contribution >= 4 is 15.7 Å². The number of hydrogen-bond donors (Lipinski definition) is 1. The van der Waals surface area contributed by atoms with Gasteiger partial charge in [0.2, 0.25) is 0 Å². The lowest BCUT2D eigenvalue weighted by molar-refractivity contribution is 0.0855. The smallest absolute Gasteiger partial charge is 0.152 e. The molecule has 1 saturated carbocycles. The van der Waals surface area contributed by atoms with Gasteiger partial charge in [-0.05, 0) is 18.8 Å². The minimum atomic E-state index is -2.87. The summed E-state index contributed by atoms with van der Waals surface area (Å²) in [5.74, 6) is 4.22. The standard InChI is InChI=1S/C16H27N3O2S/c17-15-13-18-7-6-16(15,12-14-4-2-1-3-5-14)19-8-10-22(20,21)11-9-19/h14H,1-12,17H2.